The van der Waals surface area contributed by atoms with Crippen LogP contribution in [0.5, 0.6) is 5.75 Å². The Kier molecular flexibility index (Phi) is 6.65. The zero-order valence-corrected chi connectivity index (χ0v) is 20.2. The fraction of sp³-hybridized carbons (Fsp3) is 0.375. The maximum absolute atomic E-state index is 12.5. The van der Waals surface area contributed by atoms with Crippen LogP contribution in [0.1, 0.15) is 46.9 Å². The van der Waals surface area contributed by atoms with E-state index >= 15 is 0 Å². The Bertz CT molecular complexity index is 1120. The number of aromatic carboxylic acids is 1. The van der Waals surface area contributed by atoms with Crippen LogP contribution in [-0.4, -0.2) is 38.7 Å². The van der Waals surface area contributed by atoms with E-state index in [1.54, 1.807) is 11.8 Å². The molecule has 31 heavy (non-hydrogen) atoms. The monoisotopic (exact) mass is 502 g/mol. The van der Waals surface area contributed by atoms with Gasteiger partial charge in [-0.25, -0.2) is 4.79 Å². The van der Waals surface area contributed by atoms with Crippen LogP contribution in [0.3, 0.4) is 0 Å². The van der Waals surface area contributed by atoms with Gasteiger partial charge in [0, 0.05) is 40.4 Å². The number of nitrogens with zero attached hydrogens (tertiary/aromatic N) is 2. The predicted molar refractivity (Wildman–Crippen MR) is 129 cm³/mol. The van der Waals surface area contributed by atoms with E-state index in [-0.39, 0.29) is 5.75 Å². The fourth-order valence-corrected chi connectivity index (χ4v) is 5.83. The highest BCUT2D eigenvalue weighted by molar-refractivity contribution is 9.10. The molecule has 1 aliphatic rings. The Labute approximate surface area is 195 Å². The lowest BCUT2D eigenvalue weighted by atomic mass is 10.0. The predicted octanol–water partition coefficient (Wildman–Crippen LogP) is 6.02. The van der Waals surface area contributed by atoms with E-state index in [1.807, 2.05) is 13.0 Å². The molecular weight excluding hydrogens is 476 g/mol. The van der Waals surface area contributed by atoms with Gasteiger partial charge < -0.3 is 14.8 Å². The van der Waals surface area contributed by atoms with E-state index < -0.39 is 5.97 Å². The summed E-state index contributed by atoms with van der Waals surface area (Å²) < 4.78 is 2.69. The molecule has 0 amide bonds. The molecule has 4 rings (SSSR count). The molecule has 2 heterocycles. The summed E-state index contributed by atoms with van der Waals surface area (Å²) in [5.41, 5.74) is 3.87. The van der Waals surface area contributed by atoms with Crippen LogP contribution in [0.25, 0.3) is 10.9 Å². The number of hydrogen-bond donors (Lipinski definition) is 2. The average molecular weight is 503 g/mol. The second kappa shape index (κ2) is 9.27. The van der Waals surface area contributed by atoms with Crippen molar-refractivity contribution >= 4 is 44.6 Å². The van der Waals surface area contributed by atoms with Crippen LogP contribution in [0, 0.1) is 6.92 Å². The highest BCUT2D eigenvalue weighted by atomic mass is 79.9. The molecule has 1 aliphatic heterocycles. The lowest BCUT2D eigenvalue weighted by molar-refractivity contribution is 0.0697. The Balaban J connectivity index is 1.85. The van der Waals surface area contributed by atoms with Crippen molar-refractivity contribution in [2.45, 2.75) is 50.4 Å². The number of carboxylic acids is 1. The van der Waals surface area contributed by atoms with Crippen molar-refractivity contribution in [3.05, 3.63) is 57.2 Å². The first-order valence-electron chi connectivity index (χ1n) is 10.6. The molecule has 3 aromatic rings. The SMILES string of the molecule is CCn1c(CSc2ccc(C)cc2)c(C(=O)O)c2c(CN3CCCC3)c(O)c(Br)cc21. The highest BCUT2D eigenvalue weighted by Gasteiger charge is 2.28. The van der Waals surface area contributed by atoms with E-state index in [0.29, 0.717) is 39.8 Å². The van der Waals surface area contributed by atoms with E-state index in [1.165, 1.54) is 5.56 Å². The molecule has 2 aromatic carbocycles. The average Bonchev–Trinajstić information content (AvgIpc) is 3.36. The first kappa shape index (κ1) is 22.2. The standard InChI is InChI=1S/C24H27BrN2O3S/c1-3-27-19-12-18(25)23(28)17(13-26-10-4-5-11-26)21(19)22(24(29)30)20(27)14-31-16-8-6-15(2)7-9-16/h6-9,12,28H,3-5,10-11,13-14H2,1-2H3,(H,29,30). The van der Waals surface area contributed by atoms with Gasteiger partial charge in [-0.05, 0) is 73.9 Å². The van der Waals surface area contributed by atoms with Crippen molar-refractivity contribution in [3.63, 3.8) is 0 Å². The minimum Gasteiger partial charge on any atom is -0.506 e. The first-order valence-corrected chi connectivity index (χ1v) is 12.4. The first-order chi connectivity index (χ1) is 14.9. The summed E-state index contributed by atoms with van der Waals surface area (Å²) in [4.78, 5) is 15.9. The van der Waals surface area contributed by atoms with Gasteiger partial charge in [-0.15, -0.1) is 11.8 Å². The maximum atomic E-state index is 12.5. The Morgan fingerprint density at radius 2 is 1.87 bits per heavy atom. The van der Waals surface area contributed by atoms with E-state index in [0.717, 1.165) is 42.0 Å². The Morgan fingerprint density at radius 1 is 1.19 bits per heavy atom. The summed E-state index contributed by atoms with van der Waals surface area (Å²) >= 11 is 5.14. The van der Waals surface area contributed by atoms with Crippen LogP contribution >= 0.6 is 27.7 Å². The largest absolute Gasteiger partial charge is 0.506 e. The third kappa shape index (κ3) is 4.36. The maximum Gasteiger partial charge on any atom is 0.338 e. The number of rotatable bonds is 7. The number of thioether (sulfide) groups is 1. The molecule has 5 nitrogen and oxygen atoms in total. The van der Waals surface area contributed by atoms with Crippen molar-refractivity contribution in [2.75, 3.05) is 13.1 Å². The zero-order chi connectivity index (χ0) is 22.1. The molecule has 2 N–H and O–H groups in total. The molecule has 7 heteroatoms. The zero-order valence-electron chi connectivity index (χ0n) is 17.8. The summed E-state index contributed by atoms with van der Waals surface area (Å²) in [6, 6.07) is 10.1. The van der Waals surface area contributed by atoms with Gasteiger partial charge in [0.2, 0.25) is 0 Å². The number of fused-ring (bicyclic) bond motifs is 1. The molecule has 0 bridgehead atoms. The number of halogens is 1. The molecule has 164 valence electrons. The van der Waals surface area contributed by atoms with Gasteiger partial charge in [-0.2, -0.15) is 0 Å². The van der Waals surface area contributed by atoms with Gasteiger partial charge in [0.1, 0.15) is 5.75 Å². The second-order valence-electron chi connectivity index (χ2n) is 8.04. The van der Waals surface area contributed by atoms with Gasteiger partial charge in [0.05, 0.1) is 15.6 Å². The van der Waals surface area contributed by atoms with Crippen LogP contribution in [-0.2, 0) is 18.8 Å². The normalized spacial score (nSPS) is 14.5. The number of aromatic nitrogens is 1. The highest BCUT2D eigenvalue weighted by Crippen LogP contribution is 2.41. The molecule has 0 spiro atoms. The van der Waals surface area contributed by atoms with Crippen molar-refractivity contribution in [1.82, 2.24) is 9.47 Å². The minimum atomic E-state index is -0.943. The quantitative estimate of drug-likeness (QED) is 0.386. The number of phenolic OH excluding ortho intramolecular Hbond substituents is 1. The number of phenols is 1. The summed E-state index contributed by atoms with van der Waals surface area (Å²) in [5.74, 6) is -0.247. The number of aromatic hydroxyl groups is 1. The van der Waals surface area contributed by atoms with E-state index in [2.05, 4.69) is 56.6 Å². The molecule has 1 aromatic heterocycles. The fourth-order valence-electron chi connectivity index (χ4n) is 4.44. The molecule has 0 saturated carbocycles. The van der Waals surface area contributed by atoms with E-state index in [9.17, 15) is 15.0 Å². The van der Waals surface area contributed by atoms with Crippen LogP contribution < -0.4 is 0 Å². The number of likely N-dealkylation sites (tertiary alicyclic amines) is 1. The van der Waals surface area contributed by atoms with Crippen molar-refractivity contribution < 1.29 is 15.0 Å². The van der Waals surface area contributed by atoms with Gasteiger partial charge >= 0.3 is 5.97 Å². The van der Waals surface area contributed by atoms with Crippen molar-refractivity contribution in [2.24, 2.45) is 0 Å². The summed E-state index contributed by atoms with van der Waals surface area (Å²) in [5, 5.41) is 21.8. The Hall–Kier alpha value is -1.96. The van der Waals surface area contributed by atoms with Gasteiger partial charge in [-0.1, -0.05) is 17.7 Å². The van der Waals surface area contributed by atoms with Crippen molar-refractivity contribution in [1.29, 1.82) is 0 Å². The van der Waals surface area contributed by atoms with Gasteiger partial charge in [0.15, 0.2) is 0 Å². The van der Waals surface area contributed by atoms with Crippen molar-refractivity contribution in [3.8, 4) is 5.75 Å². The topological polar surface area (TPSA) is 65.7 Å². The van der Waals surface area contributed by atoms with Crippen LogP contribution in [0.4, 0.5) is 0 Å². The van der Waals surface area contributed by atoms with Crippen LogP contribution in [0.2, 0.25) is 0 Å². The minimum absolute atomic E-state index is 0.146. The molecule has 1 saturated heterocycles. The summed E-state index contributed by atoms with van der Waals surface area (Å²) in [6.45, 7) is 7.25. The summed E-state index contributed by atoms with van der Waals surface area (Å²) in [7, 11) is 0. The third-order valence-electron chi connectivity index (χ3n) is 6.00. The lowest BCUT2D eigenvalue weighted by Gasteiger charge is -2.18. The smallest absolute Gasteiger partial charge is 0.338 e. The van der Waals surface area contributed by atoms with E-state index in [4.69, 9.17) is 0 Å². The number of benzene rings is 2. The molecule has 0 atom stereocenters. The molecule has 1 fully saturated rings. The molecule has 0 radical (unpaired) electrons. The number of aryl methyl sites for hydroxylation is 2. The van der Waals surface area contributed by atoms with Gasteiger partial charge in [-0.3, -0.25) is 4.90 Å². The van der Waals surface area contributed by atoms with Gasteiger partial charge in [0.25, 0.3) is 0 Å². The molecule has 0 unspecified atom stereocenters. The lowest BCUT2D eigenvalue weighted by Crippen LogP contribution is -2.19. The molecular formula is C24H27BrN2O3S. The number of carboxylic acid groups (broad SMARTS) is 1. The Morgan fingerprint density at radius 3 is 2.48 bits per heavy atom. The second-order valence-corrected chi connectivity index (χ2v) is 9.94. The number of hydrogen-bond acceptors (Lipinski definition) is 4. The van der Waals surface area contributed by atoms with Crippen LogP contribution in [0.15, 0.2) is 39.7 Å². The number of carbonyl (C=O) groups is 1. The molecule has 0 aliphatic carbocycles. The third-order valence-corrected chi connectivity index (χ3v) is 7.62. The summed E-state index contributed by atoms with van der Waals surface area (Å²) in [6.07, 6.45) is 2.27.